The van der Waals surface area contributed by atoms with Gasteiger partial charge in [-0.2, -0.15) is 0 Å². The molecule has 74 valence electrons. The fraction of sp³-hybridized carbons (Fsp3) is 1.00. The molecule has 0 aliphatic heterocycles. The molecular formula is C7H16O4S. The average molecular weight is 196 g/mol. The molecule has 0 saturated carbocycles. The summed E-state index contributed by atoms with van der Waals surface area (Å²) in [4.78, 5) is 0. The molecule has 4 nitrogen and oxygen atoms in total. The zero-order chi connectivity index (χ0) is 9.99. The minimum Gasteiger partial charge on any atom is -0.389 e. The van der Waals surface area contributed by atoms with Gasteiger partial charge in [0.25, 0.3) is 0 Å². The summed E-state index contributed by atoms with van der Waals surface area (Å²) in [5, 5.41) is 9.41. The first-order valence-electron chi connectivity index (χ1n) is 3.60. The number of sulfone groups is 1. The minimum atomic E-state index is -3.25. The fourth-order valence-corrected chi connectivity index (χ4v) is 1.17. The Hall–Kier alpha value is -0.130. The molecule has 0 aliphatic rings. The first-order valence-corrected chi connectivity index (χ1v) is 5.49. The smallest absolute Gasteiger partial charge is 0.155 e. The number of hydrogen-bond acceptors (Lipinski definition) is 4. The lowest BCUT2D eigenvalue weighted by Gasteiger charge is -2.27. The highest BCUT2D eigenvalue weighted by Gasteiger charge is 2.37. The van der Waals surface area contributed by atoms with Gasteiger partial charge in [-0.1, -0.05) is 0 Å². The standard InChI is InChI=1S/C7H16O4S/c1-7(2,12(4,9)10)6(8)5-11-3/h6,8H,5H2,1-4H3. The molecule has 0 aliphatic carbocycles. The Morgan fingerprint density at radius 2 is 1.92 bits per heavy atom. The lowest BCUT2D eigenvalue weighted by atomic mass is 10.1. The number of aliphatic hydroxyl groups is 1. The van der Waals surface area contributed by atoms with Gasteiger partial charge < -0.3 is 9.84 Å². The van der Waals surface area contributed by atoms with E-state index in [0.29, 0.717) is 0 Å². The summed E-state index contributed by atoms with van der Waals surface area (Å²) in [6.45, 7) is 2.98. The molecule has 0 radical (unpaired) electrons. The number of ether oxygens (including phenoxy) is 1. The van der Waals surface area contributed by atoms with E-state index >= 15 is 0 Å². The summed E-state index contributed by atoms with van der Waals surface area (Å²) in [7, 11) is -1.84. The monoisotopic (exact) mass is 196 g/mol. The van der Waals surface area contributed by atoms with Crippen LogP contribution in [0.3, 0.4) is 0 Å². The van der Waals surface area contributed by atoms with Crippen molar-refractivity contribution in [1.82, 2.24) is 0 Å². The third-order valence-electron chi connectivity index (χ3n) is 2.08. The first-order chi connectivity index (χ1) is 5.23. The van der Waals surface area contributed by atoms with E-state index < -0.39 is 20.7 Å². The van der Waals surface area contributed by atoms with E-state index in [-0.39, 0.29) is 6.61 Å². The van der Waals surface area contributed by atoms with Crippen molar-refractivity contribution in [2.45, 2.75) is 24.7 Å². The van der Waals surface area contributed by atoms with Gasteiger partial charge in [-0.3, -0.25) is 0 Å². The van der Waals surface area contributed by atoms with Crippen LogP contribution in [0.15, 0.2) is 0 Å². The molecule has 0 rings (SSSR count). The highest BCUT2D eigenvalue weighted by atomic mass is 32.2. The van der Waals surface area contributed by atoms with Crippen LogP contribution in [0.4, 0.5) is 0 Å². The molecule has 12 heavy (non-hydrogen) atoms. The quantitative estimate of drug-likeness (QED) is 0.677. The van der Waals surface area contributed by atoms with Gasteiger partial charge in [0.15, 0.2) is 9.84 Å². The Labute approximate surface area is 73.5 Å². The van der Waals surface area contributed by atoms with Crippen LogP contribution < -0.4 is 0 Å². The van der Waals surface area contributed by atoms with Crippen molar-refractivity contribution in [3.8, 4) is 0 Å². The van der Waals surface area contributed by atoms with Crippen molar-refractivity contribution in [3.63, 3.8) is 0 Å². The Morgan fingerprint density at radius 1 is 1.50 bits per heavy atom. The molecule has 0 saturated heterocycles. The van der Waals surface area contributed by atoms with E-state index in [2.05, 4.69) is 4.74 Å². The molecular weight excluding hydrogens is 180 g/mol. The van der Waals surface area contributed by atoms with Crippen LogP contribution in [0.1, 0.15) is 13.8 Å². The molecule has 0 aromatic carbocycles. The van der Waals surface area contributed by atoms with Crippen molar-refractivity contribution in [2.75, 3.05) is 20.0 Å². The molecule has 5 heteroatoms. The molecule has 0 spiro atoms. The molecule has 0 amide bonds. The second-order valence-electron chi connectivity index (χ2n) is 3.35. The van der Waals surface area contributed by atoms with Crippen molar-refractivity contribution in [3.05, 3.63) is 0 Å². The summed E-state index contributed by atoms with van der Waals surface area (Å²) in [5.74, 6) is 0. The Kier molecular flexibility index (Phi) is 3.68. The van der Waals surface area contributed by atoms with Gasteiger partial charge in [0, 0.05) is 13.4 Å². The van der Waals surface area contributed by atoms with Crippen molar-refractivity contribution >= 4 is 9.84 Å². The van der Waals surface area contributed by atoms with Crippen molar-refractivity contribution < 1.29 is 18.3 Å². The van der Waals surface area contributed by atoms with Gasteiger partial charge in [0.1, 0.15) is 0 Å². The molecule has 0 heterocycles. The highest BCUT2D eigenvalue weighted by Crippen LogP contribution is 2.19. The lowest BCUT2D eigenvalue weighted by Crippen LogP contribution is -2.45. The Bertz CT molecular complexity index is 230. The highest BCUT2D eigenvalue weighted by molar-refractivity contribution is 7.92. The van der Waals surface area contributed by atoms with Crippen LogP contribution in [0.25, 0.3) is 0 Å². The maximum absolute atomic E-state index is 11.2. The maximum atomic E-state index is 11.2. The second kappa shape index (κ2) is 3.72. The van der Waals surface area contributed by atoms with Crippen LogP contribution in [0.2, 0.25) is 0 Å². The van der Waals surface area contributed by atoms with Crippen molar-refractivity contribution in [1.29, 1.82) is 0 Å². The lowest BCUT2D eigenvalue weighted by molar-refractivity contribution is 0.0439. The maximum Gasteiger partial charge on any atom is 0.155 e. The number of hydrogen-bond donors (Lipinski definition) is 1. The molecule has 0 fully saturated rings. The number of aliphatic hydroxyl groups excluding tert-OH is 1. The fourth-order valence-electron chi connectivity index (χ4n) is 0.606. The van der Waals surface area contributed by atoms with Crippen LogP contribution in [0.5, 0.6) is 0 Å². The summed E-state index contributed by atoms with van der Waals surface area (Å²) in [6.07, 6.45) is 0.115. The SMILES string of the molecule is COCC(O)C(C)(C)S(C)(=O)=O. The van der Waals surface area contributed by atoms with Crippen LogP contribution >= 0.6 is 0 Å². The van der Waals surface area contributed by atoms with E-state index in [1.807, 2.05) is 0 Å². The van der Waals surface area contributed by atoms with Gasteiger partial charge in [0.2, 0.25) is 0 Å². The van der Waals surface area contributed by atoms with Crippen LogP contribution in [-0.2, 0) is 14.6 Å². The summed E-state index contributed by atoms with van der Waals surface area (Å²) in [5.41, 5.74) is 0. The minimum absolute atomic E-state index is 0.0278. The predicted octanol–water partition coefficient (Wildman–Crippen LogP) is -0.183. The Balaban J connectivity index is 4.62. The molecule has 1 N–H and O–H groups in total. The summed E-state index contributed by atoms with van der Waals surface area (Å²) in [6, 6.07) is 0. The molecule has 0 bridgehead atoms. The largest absolute Gasteiger partial charge is 0.389 e. The van der Waals surface area contributed by atoms with Crippen LogP contribution in [-0.4, -0.2) is 44.3 Å². The first kappa shape index (κ1) is 11.9. The van der Waals surface area contributed by atoms with Gasteiger partial charge in [-0.25, -0.2) is 8.42 Å². The van der Waals surface area contributed by atoms with Crippen molar-refractivity contribution in [2.24, 2.45) is 0 Å². The summed E-state index contributed by atoms with van der Waals surface area (Å²) < 4.78 is 25.8. The number of rotatable bonds is 4. The number of methoxy groups -OCH3 is 1. The van der Waals surface area contributed by atoms with Gasteiger partial charge in [0.05, 0.1) is 17.5 Å². The van der Waals surface area contributed by atoms with Gasteiger partial charge in [-0.15, -0.1) is 0 Å². The molecule has 0 aromatic rings. The van der Waals surface area contributed by atoms with Gasteiger partial charge >= 0.3 is 0 Å². The topological polar surface area (TPSA) is 63.6 Å². The predicted molar refractivity (Wildman–Crippen MR) is 46.8 cm³/mol. The van der Waals surface area contributed by atoms with E-state index in [1.54, 1.807) is 0 Å². The van der Waals surface area contributed by atoms with E-state index in [9.17, 15) is 13.5 Å². The average Bonchev–Trinajstić information content (AvgIpc) is 1.85. The van der Waals surface area contributed by atoms with Crippen LogP contribution in [0, 0.1) is 0 Å². The third-order valence-corrected chi connectivity index (χ3v) is 4.27. The van der Waals surface area contributed by atoms with E-state index in [4.69, 9.17) is 0 Å². The normalized spacial score (nSPS) is 16.1. The zero-order valence-electron chi connectivity index (χ0n) is 7.86. The second-order valence-corrected chi connectivity index (χ2v) is 5.94. The molecule has 1 unspecified atom stereocenters. The van der Waals surface area contributed by atoms with Gasteiger partial charge in [-0.05, 0) is 13.8 Å². The van der Waals surface area contributed by atoms with E-state index in [1.165, 1.54) is 21.0 Å². The summed E-state index contributed by atoms with van der Waals surface area (Å²) >= 11 is 0. The molecule has 0 aromatic heterocycles. The Morgan fingerprint density at radius 3 is 2.17 bits per heavy atom. The zero-order valence-corrected chi connectivity index (χ0v) is 8.68. The third kappa shape index (κ3) is 2.43. The van der Waals surface area contributed by atoms with E-state index in [0.717, 1.165) is 6.26 Å². The molecule has 1 atom stereocenters.